The van der Waals surface area contributed by atoms with Gasteiger partial charge in [-0.25, -0.2) is 0 Å². The Hall–Kier alpha value is -12.6. The normalized spacial score (nSPS) is 13.4. The van der Waals surface area contributed by atoms with Crippen LogP contribution in [0.3, 0.4) is 0 Å². The third-order valence-corrected chi connectivity index (χ3v) is 24.2. The van der Waals surface area contributed by atoms with Crippen LogP contribution in [0.25, 0.3) is 177 Å². The fraction of sp³-hybridized carbons (Fsp3) is 0.0816. The van der Waals surface area contributed by atoms with Gasteiger partial charge >= 0.3 is 13.7 Å². The van der Waals surface area contributed by atoms with Gasteiger partial charge in [-0.05, 0) is 197 Å². The second kappa shape index (κ2) is 21.1. The standard InChI is InChI=1S/C98H69B2N5/c1-97(2,3)66-40-46-88-78(52-66)70-32-20-34-82-95(70)103(88)90-56-68(101-84-42-36-62(58-22-11-7-12-23-58)48-74(84)75-49-63(37-43-85(75)101)59-24-13-8-14-25-59)54-80-72-30-19-31-73-81-55-69(102-86-44-38-64(60-26-15-9-16-27-60)50-76(86)77-51-65(39-45-87(77)102)61-28-17-10-18-29-61)57-91-93(81)100(105(94(72)73)99(82)92(80)90)83-35-21-33-71-79-53-67(98(4,5)6)41-47-89(79)104(91)96(71)83/h7-57H,1-6H3. The Morgan fingerprint density at radius 1 is 0.238 bits per heavy atom. The molecule has 23 rings (SSSR count). The van der Waals surface area contributed by atoms with Crippen molar-refractivity contribution in [2.75, 3.05) is 4.72 Å². The number of hydrogen-bond acceptors (Lipinski definition) is 1. The van der Waals surface area contributed by atoms with E-state index in [0.717, 1.165) is 11.4 Å². The highest BCUT2D eigenvalue weighted by Gasteiger charge is 2.53. The summed E-state index contributed by atoms with van der Waals surface area (Å²) in [5.41, 5.74) is 38.2. The highest BCUT2D eigenvalue weighted by atomic mass is 15.1. The lowest BCUT2D eigenvalue weighted by molar-refractivity contribution is 0.591. The summed E-state index contributed by atoms with van der Waals surface area (Å²) in [6.07, 6.45) is 0. The second-order valence-corrected chi connectivity index (χ2v) is 32.0. The Bertz CT molecular complexity index is 6430. The molecule has 7 heteroatoms. The summed E-state index contributed by atoms with van der Waals surface area (Å²) in [4.78, 5) is 0. The Balaban J connectivity index is 0.844. The molecule has 105 heavy (non-hydrogen) atoms. The van der Waals surface area contributed by atoms with Crippen LogP contribution in [0.2, 0.25) is 0 Å². The smallest absolute Gasteiger partial charge is 0.316 e. The van der Waals surface area contributed by atoms with Gasteiger partial charge in [0.05, 0.1) is 44.1 Å². The van der Waals surface area contributed by atoms with E-state index in [1.165, 1.54) is 204 Å². The molecule has 0 unspecified atom stereocenters. The van der Waals surface area contributed by atoms with Crippen molar-refractivity contribution in [3.05, 3.63) is 321 Å². The predicted molar refractivity (Wildman–Crippen MR) is 446 cm³/mol. The Kier molecular flexibility index (Phi) is 11.8. The molecule has 0 spiro atoms. The molecule has 0 bridgehead atoms. The lowest BCUT2D eigenvalue weighted by Crippen LogP contribution is -2.74. The summed E-state index contributed by atoms with van der Waals surface area (Å²) in [7, 11) is 0. The maximum atomic E-state index is 2.93. The number of para-hydroxylation sites is 3. The van der Waals surface area contributed by atoms with Crippen molar-refractivity contribution < 1.29 is 0 Å². The molecule has 15 aromatic carbocycles. The molecule has 0 N–H and O–H groups in total. The molecule has 0 atom stereocenters. The van der Waals surface area contributed by atoms with Crippen LogP contribution in [-0.4, -0.2) is 32.0 Å². The van der Waals surface area contributed by atoms with Gasteiger partial charge in [-0.15, -0.1) is 0 Å². The van der Waals surface area contributed by atoms with Gasteiger partial charge in [-0.1, -0.05) is 254 Å². The molecule has 0 amide bonds. The Morgan fingerprint density at radius 3 is 0.895 bits per heavy atom. The molecular weight excluding hydrogens is 1270 g/mol. The maximum absolute atomic E-state index is 2.93. The van der Waals surface area contributed by atoms with Gasteiger partial charge in [0, 0.05) is 82.7 Å². The minimum Gasteiger partial charge on any atom is -0.444 e. The third kappa shape index (κ3) is 8.16. The Morgan fingerprint density at radius 2 is 0.552 bits per heavy atom. The van der Waals surface area contributed by atoms with E-state index in [4.69, 9.17) is 0 Å². The first-order valence-corrected chi connectivity index (χ1v) is 37.2. The minimum atomic E-state index is -0.195. The average molecular weight is 1340 g/mol. The molecule has 4 aliphatic rings. The highest BCUT2D eigenvalue weighted by Crippen LogP contribution is 2.53. The summed E-state index contributed by atoms with van der Waals surface area (Å²) < 4.78 is 13.4. The third-order valence-electron chi connectivity index (χ3n) is 24.2. The monoisotopic (exact) mass is 1340 g/mol. The molecule has 19 aromatic rings. The largest absolute Gasteiger partial charge is 0.444 e. The molecule has 0 fully saturated rings. The van der Waals surface area contributed by atoms with E-state index in [2.05, 4.69) is 374 Å². The molecule has 492 valence electrons. The van der Waals surface area contributed by atoms with Crippen LogP contribution < -0.4 is 26.6 Å². The molecule has 4 aliphatic heterocycles. The number of benzene rings is 15. The first-order chi connectivity index (χ1) is 51.4. The highest BCUT2D eigenvalue weighted by molar-refractivity contribution is 7.09. The summed E-state index contributed by atoms with van der Waals surface area (Å²) in [5, 5.41) is 10.0. The summed E-state index contributed by atoms with van der Waals surface area (Å²) in [5.74, 6) is 0. The van der Waals surface area contributed by atoms with Crippen molar-refractivity contribution in [3.8, 4) is 89.5 Å². The zero-order chi connectivity index (χ0) is 69.6. The van der Waals surface area contributed by atoms with Crippen molar-refractivity contribution in [2.24, 2.45) is 0 Å². The van der Waals surface area contributed by atoms with Crippen LogP contribution in [0.4, 0.5) is 5.69 Å². The van der Waals surface area contributed by atoms with E-state index in [-0.39, 0.29) is 24.5 Å². The van der Waals surface area contributed by atoms with Crippen molar-refractivity contribution in [3.63, 3.8) is 0 Å². The lowest BCUT2D eigenvalue weighted by atomic mass is 9.32. The molecule has 0 saturated heterocycles. The fourth-order valence-corrected chi connectivity index (χ4v) is 19.4. The maximum Gasteiger partial charge on any atom is 0.316 e. The van der Waals surface area contributed by atoms with Crippen molar-refractivity contribution in [1.82, 2.24) is 18.3 Å². The first kappa shape index (κ1) is 59.0. The molecule has 0 aliphatic carbocycles. The van der Waals surface area contributed by atoms with E-state index < -0.39 is 0 Å². The first-order valence-electron chi connectivity index (χ1n) is 37.2. The van der Waals surface area contributed by atoms with E-state index in [1.54, 1.807) is 0 Å². The second-order valence-electron chi connectivity index (χ2n) is 32.0. The zero-order valence-corrected chi connectivity index (χ0v) is 59.3. The van der Waals surface area contributed by atoms with Gasteiger partial charge in [0.15, 0.2) is 0 Å². The number of nitrogens with zero attached hydrogens (tertiary/aromatic N) is 5. The molecular formula is C98H69B2N5. The van der Waals surface area contributed by atoms with E-state index in [9.17, 15) is 0 Å². The van der Waals surface area contributed by atoms with E-state index >= 15 is 0 Å². The molecule has 8 heterocycles. The zero-order valence-electron chi connectivity index (χ0n) is 59.3. The molecule has 4 aromatic heterocycles. The van der Waals surface area contributed by atoms with Gasteiger partial charge in [0.2, 0.25) is 0 Å². The van der Waals surface area contributed by atoms with Gasteiger partial charge in [-0.3, -0.25) is 0 Å². The van der Waals surface area contributed by atoms with Gasteiger partial charge in [0.1, 0.15) is 0 Å². The number of fused-ring (bicyclic) bond motifs is 20. The molecule has 5 nitrogen and oxygen atoms in total. The number of aromatic nitrogens is 4. The van der Waals surface area contributed by atoms with Crippen LogP contribution in [0.15, 0.2) is 309 Å². The number of hydrogen-bond donors (Lipinski definition) is 0. The number of anilines is 1. The molecule has 0 radical (unpaired) electrons. The van der Waals surface area contributed by atoms with Gasteiger partial charge < -0.3 is 23.0 Å². The van der Waals surface area contributed by atoms with Gasteiger partial charge in [0.25, 0.3) is 0 Å². The number of rotatable bonds is 6. The van der Waals surface area contributed by atoms with Crippen LogP contribution >= 0.6 is 0 Å². The molecule has 0 saturated carbocycles. The van der Waals surface area contributed by atoms with Gasteiger partial charge in [-0.2, -0.15) is 0 Å². The van der Waals surface area contributed by atoms with Crippen LogP contribution in [0, 0.1) is 0 Å². The topological polar surface area (TPSA) is 23.0 Å². The van der Waals surface area contributed by atoms with Crippen molar-refractivity contribution in [1.29, 1.82) is 0 Å². The van der Waals surface area contributed by atoms with Crippen LogP contribution in [-0.2, 0) is 10.8 Å². The summed E-state index contributed by atoms with van der Waals surface area (Å²) >= 11 is 0. The van der Waals surface area contributed by atoms with E-state index in [0.29, 0.717) is 0 Å². The predicted octanol–water partition coefficient (Wildman–Crippen LogP) is 22.3. The quantitative estimate of drug-likeness (QED) is 0.152. The van der Waals surface area contributed by atoms with Crippen LogP contribution in [0.1, 0.15) is 52.7 Å². The lowest BCUT2D eigenvalue weighted by Gasteiger charge is -2.50. The summed E-state index contributed by atoms with van der Waals surface area (Å²) in [6, 6.07) is 119. The van der Waals surface area contributed by atoms with Crippen molar-refractivity contribution >= 4 is 128 Å². The average Bonchev–Trinajstić information content (AvgIpc) is 1.65. The summed E-state index contributed by atoms with van der Waals surface area (Å²) in [6.45, 7) is 13.7. The minimum absolute atomic E-state index is 0.0592. The van der Waals surface area contributed by atoms with Crippen molar-refractivity contribution in [2.45, 2.75) is 52.4 Å². The SMILES string of the molecule is CC(C)(C)c1ccc2c(c1)c1cccc3c1n2-c1cc(-n2c4ccc(-c5ccccc5)cc4c4cc(-c5ccccc5)ccc42)cc2c1B3N1B3c4c(cc(-n5c6ccc(-c7ccccc7)cc6c6cc(-c7ccccc7)ccc65)cc4-n4c5ccc(C(C)(C)C)cc5c5cccc3c54)-c3cccc-2c31. The van der Waals surface area contributed by atoms with E-state index in [1.807, 2.05) is 0 Å². The van der Waals surface area contributed by atoms with Crippen LogP contribution in [0.5, 0.6) is 0 Å². The Labute approximate surface area is 609 Å². The fourth-order valence-electron chi connectivity index (χ4n) is 19.4.